The summed E-state index contributed by atoms with van der Waals surface area (Å²) in [6, 6.07) is 27.6. The van der Waals surface area contributed by atoms with Crippen LogP contribution in [0, 0.1) is 6.92 Å². The molecule has 3 N–H and O–H groups in total. The van der Waals surface area contributed by atoms with E-state index in [0.29, 0.717) is 19.5 Å². The first-order valence-corrected chi connectivity index (χ1v) is 10.5. The van der Waals surface area contributed by atoms with Crippen LogP contribution >= 0.6 is 0 Å². The molecule has 3 aromatic carbocycles. The van der Waals surface area contributed by atoms with Gasteiger partial charge in [0.1, 0.15) is 0 Å². The van der Waals surface area contributed by atoms with E-state index >= 15 is 0 Å². The first kappa shape index (κ1) is 21.6. The van der Waals surface area contributed by atoms with Crippen LogP contribution in [0.1, 0.15) is 36.0 Å². The van der Waals surface area contributed by atoms with Crippen LogP contribution in [0.5, 0.6) is 0 Å². The van der Waals surface area contributed by atoms with Crippen LogP contribution in [0.4, 0.5) is 5.69 Å². The minimum Gasteiger partial charge on any atom is -0.479 e. The van der Waals surface area contributed by atoms with Gasteiger partial charge < -0.3 is 15.7 Å². The van der Waals surface area contributed by atoms with E-state index in [0.717, 1.165) is 35.2 Å². The van der Waals surface area contributed by atoms with Gasteiger partial charge in [0.25, 0.3) is 0 Å². The van der Waals surface area contributed by atoms with Crippen LogP contribution in [-0.2, 0) is 16.9 Å². The number of rotatable bonds is 10. The van der Waals surface area contributed by atoms with Crippen molar-refractivity contribution in [2.75, 3.05) is 11.4 Å². The Labute approximate surface area is 179 Å². The van der Waals surface area contributed by atoms with E-state index in [4.69, 9.17) is 5.73 Å². The lowest BCUT2D eigenvalue weighted by atomic mass is 9.82. The largest absolute Gasteiger partial charge is 0.479 e. The maximum absolute atomic E-state index is 13.0. The average molecular weight is 403 g/mol. The fraction of sp³-hybridized carbons (Fsp3) is 0.269. The number of carboxylic acids is 1. The summed E-state index contributed by atoms with van der Waals surface area (Å²) in [7, 11) is 0. The van der Waals surface area contributed by atoms with E-state index in [1.807, 2.05) is 77.7 Å². The number of nitrogens with two attached hydrogens (primary N) is 1. The van der Waals surface area contributed by atoms with Gasteiger partial charge in [-0.25, -0.2) is 4.79 Å². The van der Waals surface area contributed by atoms with E-state index in [2.05, 4.69) is 19.1 Å². The van der Waals surface area contributed by atoms with Gasteiger partial charge in [-0.05, 0) is 61.6 Å². The second-order valence-corrected chi connectivity index (χ2v) is 7.63. The van der Waals surface area contributed by atoms with Gasteiger partial charge in [0.05, 0.1) is 0 Å². The SMILES string of the molecule is Cc1ccccc1CN(c1ccccc1)[C@@](CCCCN)(C(=O)O)c1ccccc1. The number of unbranched alkanes of at least 4 members (excludes halogenated alkanes) is 1. The highest BCUT2D eigenvalue weighted by molar-refractivity contribution is 5.85. The lowest BCUT2D eigenvalue weighted by molar-refractivity contribution is -0.144. The van der Waals surface area contributed by atoms with E-state index in [1.165, 1.54) is 0 Å². The van der Waals surface area contributed by atoms with Crippen molar-refractivity contribution in [2.24, 2.45) is 5.73 Å². The summed E-state index contributed by atoms with van der Waals surface area (Å²) in [6.45, 7) is 3.12. The molecule has 30 heavy (non-hydrogen) atoms. The van der Waals surface area contributed by atoms with Gasteiger partial charge in [-0.1, -0.05) is 72.8 Å². The highest BCUT2D eigenvalue weighted by Gasteiger charge is 2.45. The molecule has 0 aliphatic carbocycles. The summed E-state index contributed by atoms with van der Waals surface area (Å²) >= 11 is 0. The molecule has 0 spiro atoms. The molecule has 0 aromatic heterocycles. The average Bonchev–Trinajstić information content (AvgIpc) is 2.78. The predicted molar refractivity (Wildman–Crippen MR) is 122 cm³/mol. The molecule has 0 saturated carbocycles. The smallest absolute Gasteiger partial charge is 0.334 e. The third-order valence-corrected chi connectivity index (χ3v) is 5.72. The molecule has 1 atom stereocenters. The number of hydrogen-bond acceptors (Lipinski definition) is 3. The number of para-hydroxylation sites is 1. The van der Waals surface area contributed by atoms with Crippen LogP contribution in [0.15, 0.2) is 84.9 Å². The number of nitrogens with zero attached hydrogens (tertiary/aromatic N) is 1. The molecule has 0 amide bonds. The summed E-state index contributed by atoms with van der Waals surface area (Å²) < 4.78 is 0. The number of aliphatic carboxylic acids is 1. The minimum absolute atomic E-state index is 0.477. The monoisotopic (exact) mass is 402 g/mol. The number of carbonyl (C=O) groups is 1. The zero-order chi connectivity index (χ0) is 21.4. The normalized spacial score (nSPS) is 12.9. The van der Waals surface area contributed by atoms with Crippen molar-refractivity contribution in [3.63, 3.8) is 0 Å². The van der Waals surface area contributed by atoms with Crippen molar-refractivity contribution >= 4 is 11.7 Å². The van der Waals surface area contributed by atoms with Gasteiger partial charge in [-0.15, -0.1) is 0 Å². The molecule has 0 radical (unpaired) electrons. The van der Waals surface area contributed by atoms with Crippen molar-refractivity contribution in [1.82, 2.24) is 0 Å². The van der Waals surface area contributed by atoms with Crippen LogP contribution in [-0.4, -0.2) is 17.6 Å². The molecular weight excluding hydrogens is 372 g/mol. The highest BCUT2D eigenvalue weighted by atomic mass is 16.4. The Hall–Kier alpha value is -3.11. The van der Waals surface area contributed by atoms with Crippen LogP contribution in [0.25, 0.3) is 0 Å². The van der Waals surface area contributed by atoms with Crippen molar-refractivity contribution in [2.45, 2.75) is 38.3 Å². The molecule has 0 fully saturated rings. The van der Waals surface area contributed by atoms with Crippen molar-refractivity contribution < 1.29 is 9.90 Å². The number of hydrogen-bond donors (Lipinski definition) is 2. The van der Waals surface area contributed by atoms with Crippen LogP contribution in [0.3, 0.4) is 0 Å². The number of carboxylic acid groups (broad SMARTS) is 1. The number of anilines is 1. The van der Waals surface area contributed by atoms with Gasteiger partial charge in [-0.3, -0.25) is 0 Å². The third kappa shape index (κ3) is 4.55. The maximum Gasteiger partial charge on any atom is 0.334 e. The molecular formula is C26H30N2O2. The highest BCUT2D eigenvalue weighted by Crippen LogP contribution is 2.39. The van der Waals surface area contributed by atoms with Crippen molar-refractivity contribution in [3.8, 4) is 0 Å². The Bertz CT molecular complexity index is 944. The van der Waals surface area contributed by atoms with Gasteiger partial charge >= 0.3 is 5.97 Å². The zero-order valence-corrected chi connectivity index (χ0v) is 17.5. The minimum atomic E-state index is -1.19. The molecule has 3 aromatic rings. The van der Waals surface area contributed by atoms with Crippen molar-refractivity contribution in [3.05, 3.63) is 102 Å². The Balaban J connectivity index is 2.19. The molecule has 3 rings (SSSR count). The first-order valence-electron chi connectivity index (χ1n) is 10.5. The lowest BCUT2D eigenvalue weighted by Crippen LogP contribution is -2.52. The van der Waals surface area contributed by atoms with Gasteiger partial charge in [0.2, 0.25) is 0 Å². The van der Waals surface area contributed by atoms with Gasteiger partial charge in [0.15, 0.2) is 5.54 Å². The Morgan fingerprint density at radius 1 is 0.900 bits per heavy atom. The molecule has 0 heterocycles. The summed E-state index contributed by atoms with van der Waals surface area (Å²) in [5.74, 6) is -0.844. The summed E-state index contributed by atoms with van der Waals surface area (Å²) in [4.78, 5) is 15.1. The topological polar surface area (TPSA) is 66.6 Å². The standard InChI is InChI=1S/C26H30N2O2/c1-21-12-8-9-13-22(21)20-28(24-16-6-3-7-17-24)26(25(29)30,18-10-11-19-27)23-14-4-2-5-15-23/h2-9,12-17H,10-11,18-20,27H2,1H3,(H,29,30)/t26-/m1/s1. The molecule has 0 bridgehead atoms. The second kappa shape index (κ2) is 10.1. The van der Waals surface area contributed by atoms with E-state index in [1.54, 1.807) is 0 Å². The summed E-state index contributed by atoms with van der Waals surface area (Å²) in [5, 5.41) is 10.7. The quantitative estimate of drug-likeness (QED) is 0.463. The van der Waals surface area contributed by atoms with E-state index in [9.17, 15) is 9.90 Å². The fourth-order valence-corrected chi connectivity index (χ4v) is 4.03. The summed E-state index contributed by atoms with van der Waals surface area (Å²) in [5.41, 5.74) is 8.48. The van der Waals surface area contributed by atoms with E-state index in [-0.39, 0.29) is 0 Å². The Morgan fingerprint density at radius 2 is 1.50 bits per heavy atom. The van der Waals surface area contributed by atoms with Crippen LogP contribution in [0.2, 0.25) is 0 Å². The Morgan fingerprint density at radius 3 is 2.10 bits per heavy atom. The summed E-state index contributed by atoms with van der Waals surface area (Å²) in [6.07, 6.45) is 1.99. The molecule has 0 unspecified atom stereocenters. The Kier molecular flexibility index (Phi) is 7.26. The molecule has 0 saturated heterocycles. The predicted octanol–water partition coefficient (Wildman–Crippen LogP) is 5.11. The molecule has 4 nitrogen and oxygen atoms in total. The second-order valence-electron chi connectivity index (χ2n) is 7.63. The zero-order valence-electron chi connectivity index (χ0n) is 17.5. The fourth-order valence-electron chi connectivity index (χ4n) is 4.03. The lowest BCUT2D eigenvalue weighted by Gasteiger charge is -2.43. The molecule has 4 heteroatoms. The number of aryl methyl sites for hydroxylation is 1. The van der Waals surface area contributed by atoms with Gasteiger partial charge in [-0.2, -0.15) is 0 Å². The first-order chi connectivity index (χ1) is 14.6. The molecule has 156 valence electrons. The maximum atomic E-state index is 13.0. The third-order valence-electron chi connectivity index (χ3n) is 5.72. The number of benzene rings is 3. The molecule has 0 aliphatic heterocycles. The van der Waals surface area contributed by atoms with E-state index < -0.39 is 11.5 Å². The molecule has 0 aliphatic rings. The van der Waals surface area contributed by atoms with Crippen LogP contribution < -0.4 is 10.6 Å². The van der Waals surface area contributed by atoms with Gasteiger partial charge in [0, 0.05) is 12.2 Å². The van der Waals surface area contributed by atoms with Crippen molar-refractivity contribution in [1.29, 1.82) is 0 Å².